The Morgan fingerprint density at radius 1 is 1.32 bits per heavy atom. The van der Waals surface area contributed by atoms with Gasteiger partial charge >= 0.3 is 0 Å². The van der Waals surface area contributed by atoms with Crippen LogP contribution in [0.4, 0.5) is 13.2 Å². The number of carbonyl (C=O) groups excluding carboxylic acids is 1. The summed E-state index contributed by atoms with van der Waals surface area (Å²) in [6, 6.07) is 1.33. The molecule has 0 aliphatic carbocycles. The van der Waals surface area contributed by atoms with Crippen molar-refractivity contribution in [3.8, 4) is 0 Å². The lowest BCUT2D eigenvalue weighted by atomic mass is 10.2. The Morgan fingerprint density at radius 3 is 2.32 bits per heavy atom. The lowest BCUT2D eigenvalue weighted by Gasteiger charge is -2.20. The minimum Gasteiger partial charge on any atom is -0.345 e. The smallest absolute Gasteiger partial charge is 0.239 e. The molecule has 0 bridgehead atoms. The maximum atomic E-state index is 13.0. The fraction of sp³-hybridized carbons (Fsp3) is 0.462. The van der Waals surface area contributed by atoms with E-state index in [-0.39, 0.29) is 18.0 Å². The van der Waals surface area contributed by atoms with Crippen LogP contribution in [0.5, 0.6) is 0 Å². The molecule has 1 unspecified atom stereocenters. The minimum absolute atomic E-state index is 0.0819. The van der Waals surface area contributed by atoms with Crippen molar-refractivity contribution in [2.45, 2.75) is 26.4 Å². The summed E-state index contributed by atoms with van der Waals surface area (Å²) < 4.78 is 38.7. The quantitative estimate of drug-likeness (QED) is 0.834. The van der Waals surface area contributed by atoms with Crippen LogP contribution in [-0.2, 0) is 11.3 Å². The number of hydrogen-bond donors (Lipinski definition) is 1. The molecule has 1 N–H and O–H groups in total. The third kappa shape index (κ3) is 3.96. The fourth-order valence-corrected chi connectivity index (χ4v) is 1.55. The summed E-state index contributed by atoms with van der Waals surface area (Å²) in [5.74, 6) is -4.08. The molecule has 0 aliphatic heterocycles. The zero-order valence-electron chi connectivity index (χ0n) is 11.1. The van der Waals surface area contributed by atoms with Gasteiger partial charge < -0.3 is 10.2 Å². The average Bonchev–Trinajstić information content (AvgIpc) is 2.40. The molecule has 0 aromatic heterocycles. The molecule has 1 rings (SSSR count). The highest BCUT2D eigenvalue weighted by Gasteiger charge is 2.16. The van der Waals surface area contributed by atoms with E-state index < -0.39 is 23.5 Å². The first-order chi connectivity index (χ1) is 8.86. The summed E-state index contributed by atoms with van der Waals surface area (Å²) >= 11 is 0. The SMILES string of the molecule is CCN(C)C(=O)C(C)NCc1cc(F)c(F)c(F)c1. The molecule has 0 saturated carbocycles. The minimum atomic E-state index is -1.49. The van der Waals surface area contributed by atoms with Gasteiger partial charge in [-0.05, 0) is 31.5 Å². The summed E-state index contributed by atoms with van der Waals surface area (Å²) in [7, 11) is 1.66. The number of rotatable bonds is 5. The molecule has 19 heavy (non-hydrogen) atoms. The molecule has 1 amide bonds. The third-order valence-electron chi connectivity index (χ3n) is 2.88. The molecule has 0 fully saturated rings. The van der Waals surface area contributed by atoms with Crippen LogP contribution in [0.25, 0.3) is 0 Å². The van der Waals surface area contributed by atoms with Crippen molar-refractivity contribution in [3.05, 3.63) is 35.1 Å². The summed E-state index contributed by atoms with van der Waals surface area (Å²) in [6.07, 6.45) is 0. The van der Waals surface area contributed by atoms with Crippen molar-refractivity contribution in [3.63, 3.8) is 0 Å². The van der Waals surface area contributed by atoms with Gasteiger partial charge in [-0.25, -0.2) is 13.2 Å². The van der Waals surface area contributed by atoms with Gasteiger partial charge in [0.1, 0.15) is 0 Å². The van der Waals surface area contributed by atoms with E-state index in [0.29, 0.717) is 6.54 Å². The maximum absolute atomic E-state index is 13.0. The highest BCUT2D eigenvalue weighted by atomic mass is 19.2. The largest absolute Gasteiger partial charge is 0.345 e. The van der Waals surface area contributed by atoms with Gasteiger partial charge in [-0.3, -0.25) is 4.79 Å². The highest BCUT2D eigenvalue weighted by Crippen LogP contribution is 2.13. The molecule has 1 aromatic rings. The number of carbonyl (C=O) groups is 1. The topological polar surface area (TPSA) is 32.3 Å². The highest BCUT2D eigenvalue weighted by molar-refractivity contribution is 5.81. The van der Waals surface area contributed by atoms with Gasteiger partial charge in [0, 0.05) is 20.1 Å². The number of amides is 1. The number of nitrogens with one attached hydrogen (secondary N) is 1. The van der Waals surface area contributed by atoms with Crippen LogP contribution >= 0.6 is 0 Å². The van der Waals surface area contributed by atoms with Gasteiger partial charge in [0.15, 0.2) is 17.5 Å². The standard InChI is InChI=1S/C13H17F3N2O/c1-4-18(3)13(19)8(2)17-7-9-5-10(14)12(16)11(15)6-9/h5-6,8,17H,4,7H2,1-3H3. The number of hydrogen-bond acceptors (Lipinski definition) is 2. The number of halogens is 3. The van der Waals surface area contributed by atoms with Crippen molar-refractivity contribution in [1.29, 1.82) is 0 Å². The van der Waals surface area contributed by atoms with E-state index in [1.54, 1.807) is 14.0 Å². The fourth-order valence-electron chi connectivity index (χ4n) is 1.55. The molecule has 1 atom stereocenters. The van der Waals surface area contributed by atoms with Gasteiger partial charge in [0.05, 0.1) is 6.04 Å². The second kappa shape index (κ2) is 6.56. The van der Waals surface area contributed by atoms with Crippen LogP contribution in [0.3, 0.4) is 0 Å². The average molecular weight is 274 g/mol. The summed E-state index contributed by atoms with van der Waals surface area (Å²) in [6.45, 7) is 4.16. The molecular formula is C13H17F3N2O. The van der Waals surface area contributed by atoms with Gasteiger partial charge in [0.25, 0.3) is 0 Å². The van der Waals surface area contributed by atoms with E-state index in [2.05, 4.69) is 5.32 Å². The van der Waals surface area contributed by atoms with Gasteiger partial charge in [-0.15, -0.1) is 0 Å². The van der Waals surface area contributed by atoms with Crippen LogP contribution in [-0.4, -0.2) is 30.4 Å². The van der Waals surface area contributed by atoms with Crippen LogP contribution < -0.4 is 5.32 Å². The van der Waals surface area contributed by atoms with Gasteiger partial charge in [0.2, 0.25) is 5.91 Å². The monoisotopic (exact) mass is 274 g/mol. The van der Waals surface area contributed by atoms with Crippen LogP contribution in [0.15, 0.2) is 12.1 Å². The lowest BCUT2D eigenvalue weighted by Crippen LogP contribution is -2.42. The molecule has 1 aromatic carbocycles. The number of likely N-dealkylation sites (N-methyl/N-ethyl adjacent to an activating group) is 1. The maximum Gasteiger partial charge on any atom is 0.239 e. The van der Waals surface area contributed by atoms with E-state index >= 15 is 0 Å². The first-order valence-electron chi connectivity index (χ1n) is 5.98. The van der Waals surface area contributed by atoms with E-state index in [1.165, 1.54) is 4.90 Å². The predicted octanol–water partition coefficient (Wildman–Crippen LogP) is 2.06. The normalized spacial score (nSPS) is 12.3. The molecule has 106 valence electrons. The molecule has 0 saturated heterocycles. The van der Waals surface area contributed by atoms with Crippen LogP contribution in [0.1, 0.15) is 19.4 Å². The Kier molecular flexibility index (Phi) is 5.35. The van der Waals surface area contributed by atoms with E-state index in [4.69, 9.17) is 0 Å². The Hall–Kier alpha value is -1.56. The third-order valence-corrected chi connectivity index (χ3v) is 2.88. The van der Waals surface area contributed by atoms with Crippen molar-refractivity contribution in [2.75, 3.05) is 13.6 Å². The van der Waals surface area contributed by atoms with E-state index in [1.807, 2.05) is 6.92 Å². The molecule has 6 heteroatoms. The van der Waals surface area contributed by atoms with Crippen molar-refractivity contribution in [2.24, 2.45) is 0 Å². The Labute approximate surface area is 110 Å². The zero-order valence-corrected chi connectivity index (χ0v) is 11.1. The molecule has 3 nitrogen and oxygen atoms in total. The second-order valence-corrected chi connectivity index (χ2v) is 4.33. The van der Waals surface area contributed by atoms with Crippen LogP contribution in [0, 0.1) is 17.5 Å². The molecule has 0 radical (unpaired) electrons. The Morgan fingerprint density at radius 2 is 1.84 bits per heavy atom. The predicted molar refractivity (Wildman–Crippen MR) is 65.9 cm³/mol. The molecule has 0 heterocycles. The van der Waals surface area contributed by atoms with Crippen molar-refractivity contribution in [1.82, 2.24) is 10.2 Å². The number of nitrogens with zero attached hydrogens (tertiary/aromatic N) is 1. The Bertz CT molecular complexity index is 442. The number of benzene rings is 1. The van der Waals surface area contributed by atoms with Gasteiger partial charge in [-0.1, -0.05) is 0 Å². The summed E-state index contributed by atoms with van der Waals surface area (Å²) in [5, 5.41) is 2.84. The molecular weight excluding hydrogens is 257 g/mol. The lowest BCUT2D eigenvalue weighted by molar-refractivity contribution is -0.131. The zero-order chi connectivity index (χ0) is 14.6. The molecule has 0 spiro atoms. The first kappa shape index (κ1) is 15.5. The van der Waals surface area contributed by atoms with Crippen LogP contribution in [0.2, 0.25) is 0 Å². The van der Waals surface area contributed by atoms with Crippen molar-refractivity contribution < 1.29 is 18.0 Å². The summed E-state index contributed by atoms with van der Waals surface area (Å²) in [4.78, 5) is 13.3. The van der Waals surface area contributed by atoms with E-state index in [9.17, 15) is 18.0 Å². The Balaban J connectivity index is 2.65. The second-order valence-electron chi connectivity index (χ2n) is 4.33. The van der Waals surface area contributed by atoms with E-state index in [0.717, 1.165) is 12.1 Å². The van der Waals surface area contributed by atoms with Gasteiger partial charge in [-0.2, -0.15) is 0 Å². The first-order valence-corrected chi connectivity index (χ1v) is 5.98. The molecule has 0 aliphatic rings. The van der Waals surface area contributed by atoms with Crippen molar-refractivity contribution >= 4 is 5.91 Å². The summed E-state index contributed by atoms with van der Waals surface area (Å²) in [5.41, 5.74) is 0.246.